The average molecular weight is 414 g/mol. The number of thiazole rings is 1. The van der Waals surface area contributed by atoms with Gasteiger partial charge in [-0.05, 0) is 36.4 Å². The molecule has 0 saturated heterocycles. The number of aromatic nitrogens is 1. The first-order valence-corrected chi connectivity index (χ1v) is 10.5. The number of nitrogens with zero attached hydrogens (tertiary/aromatic N) is 1. The second kappa shape index (κ2) is 6.73. The van der Waals surface area contributed by atoms with E-state index in [-0.39, 0.29) is 10.8 Å². The number of amides is 2. The van der Waals surface area contributed by atoms with E-state index in [0.29, 0.717) is 11.3 Å². The topological polar surface area (TPSA) is 117 Å². The lowest BCUT2D eigenvalue weighted by Crippen LogP contribution is -2.28. The van der Waals surface area contributed by atoms with Crippen LogP contribution in [0, 0.1) is 0 Å². The van der Waals surface area contributed by atoms with E-state index in [9.17, 15) is 18.0 Å². The molecule has 0 fully saturated rings. The van der Waals surface area contributed by atoms with Crippen molar-refractivity contribution in [3.8, 4) is 0 Å². The van der Waals surface area contributed by atoms with Gasteiger partial charge in [0.2, 0.25) is 5.91 Å². The second-order valence-corrected chi connectivity index (χ2v) is 8.57. The lowest BCUT2D eigenvalue weighted by molar-refractivity contribution is -0.117. The second-order valence-electron chi connectivity index (χ2n) is 6.03. The predicted octanol–water partition coefficient (Wildman–Crippen LogP) is 2.53. The third-order valence-corrected chi connectivity index (χ3v) is 6.40. The van der Waals surface area contributed by atoms with Crippen LogP contribution in [0.1, 0.15) is 12.5 Å². The molecule has 1 aliphatic rings. The van der Waals surface area contributed by atoms with E-state index in [0.717, 1.165) is 28.4 Å². The minimum absolute atomic E-state index is 0.0313. The van der Waals surface area contributed by atoms with Crippen molar-refractivity contribution in [2.24, 2.45) is 0 Å². The Kier molecular flexibility index (Phi) is 4.36. The number of carbonyl (C=O) groups excluding carboxylic acids is 2. The van der Waals surface area contributed by atoms with Crippen molar-refractivity contribution in [1.82, 2.24) is 9.71 Å². The molecule has 142 valence electrons. The van der Waals surface area contributed by atoms with Crippen LogP contribution < -0.4 is 15.4 Å². The molecule has 0 saturated carbocycles. The van der Waals surface area contributed by atoms with Crippen molar-refractivity contribution in [2.45, 2.75) is 11.8 Å². The Morgan fingerprint density at radius 1 is 1.18 bits per heavy atom. The maximum Gasteiger partial charge on any atom is 0.264 e. The summed E-state index contributed by atoms with van der Waals surface area (Å²) >= 11 is 1.46. The predicted molar refractivity (Wildman–Crippen MR) is 107 cm³/mol. The van der Waals surface area contributed by atoms with Gasteiger partial charge in [0.15, 0.2) is 0 Å². The van der Waals surface area contributed by atoms with Crippen LogP contribution >= 0.6 is 11.3 Å². The number of hydrogen-bond acceptors (Lipinski definition) is 7. The van der Waals surface area contributed by atoms with E-state index >= 15 is 0 Å². The molecule has 0 aliphatic carbocycles. The summed E-state index contributed by atoms with van der Waals surface area (Å²) in [6.07, 6.45) is 1.58. The first-order chi connectivity index (χ1) is 13.3. The van der Waals surface area contributed by atoms with Gasteiger partial charge in [-0.3, -0.25) is 9.59 Å². The zero-order chi connectivity index (χ0) is 19.9. The van der Waals surface area contributed by atoms with E-state index in [4.69, 9.17) is 0 Å². The van der Waals surface area contributed by atoms with E-state index in [1.165, 1.54) is 23.5 Å². The first-order valence-electron chi connectivity index (χ1n) is 8.13. The van der Waals surface area contributed by atoms with Crippen LogP contribution in [0.2, 0.25) is 0 Å². The lowest BCUT2D eigenvalue weighted by atomic mass is 10.1. The zero-order valence-electron chi connectivity index (χ0n) is 14.5. The van der Waals surface area contributed by atoms with Crippen molar-refractivity contribution in [1.29, 1.82) is 0 Å². The van der Waals surface area contributed by atoms with Crippen molar-refractivity contribution >= 4 is 60.3 Å². The van der Waals surface area contributed by atoms with Crippen LogP contribution in [0.25, 0.3) is 15.8 Å². The van der Waals surface area contributed by atoms with Gasteiger partial charge in [-0.1, -0.05) is 0 Å². The Balaban J connectivity index is 1.61. The molecule has 10 heteroatoms. The molecule has 8 nitrogen and oxygen atoms in total. The average Bonchev–Trinajstić information content (AvgIpc) is 3.22. The summed E-state index contributed by atoms with van der Waals surface area (Å²) in [7, 11) is -3.89. The highest BCUT2D eigenvalue weighted by atomic mass is 32.2. The van der Waals surface area contributed by atoms with Crippen LogP contribution in [-0.2, 0) is 19.6 Å². The van der Waals surface area contributed by atoms with Gasteiger partial charge < -0.3 is 10.6 Å². The van der Waals surface area contributed by atoms with Crippen LogP contribution in [0.15, 0.2) is 53.0 Å². The Morgan fingerprint density at radius 2 is 1.93 bits per heavy atom. The molecule has 2 amide bonds. The maximum absolute atomic E-state index is 12.4. The summed E-state index contributed by atoms with van der Waals surface area (Å²) in [5.41, 5.74) is 5.13. The zero-order valence-corrected chi connectivity index (χ0v) is 16.1. The summed E-state index contributed by atoms with van der Waals surface area (Å²) in [4.78, 5) is 27.6. The highest BCUT2D eigenvalue weighted by molar-refractivity contribution is 7.90. The van der Waals surface area contributed by atoms with Gasteiger partial charge in [-0.15, -0.1) is 11.3 Å². The largest absolute Gasteiger partial charge is 0.361 e. The van der Waals surface area contributed by atoms with Crippen LogP contribution in [0.3, 0.4) is 0 Å². The van der Waals surface area contributed by atoms with Gasteiger partial charge in [-0.25, -0.2) is 18.1 Å². The standard InChI is InChI=1S/C18H14N4O4S2/c1-10(23)22-28(25,26)12-4-2-11(3-5-12)19-8-13-16-14(21-18(13)24)6-7-15-17(16)27-9-20-15/h2-9,19H,1H3,(H,21,24)(H,22,23)/b13-8-. The van der Waals surface area contributed by atoms with E-state index < -0.39 is 15.9 Å². The molecule has 2 heterocycles. The highest BCUT2D eigenvalue weighted by Gasteiger charge is 2.27. The van der Waals surface area contributed by atoms with Crippen LogP contribution in [0.4, 0.5) is 11.4 Å². The van der Waals surface area contributed by atoms with Crippen LogP contribution in [0.5, 0.6) is 0 Å². The minimum Gasteiger partial charge on any atom is -0.361 e. The number of nitrogens with one attached hydrogen (secondary N) is 3. The number of fused-ring (bicyclic) bond motifs is 3. The minimum atomic E-state index is -3.89. The number of rotatable bonds is 4. The third kappa shape index (κ3) is 3.23. The van der Waals surface area contributed by atoms with Gasteiger partial charge >= 0.3 is 0 Å². The normalized spacial score (nSPS) is 14.8. The van der Waals surface area contributed by atoms with Crippen molar-refractivity contribution < 1.29 is 18.0 Å². The van der Waals surface area contributed by atoms with Gasteiger partial charge in [-0.2, -0.15) is 0 Å². The molecule has 0 spiro atoms. The first kappa shape index (κ1) is 18.1. The Labute approximate surface area is 164 Å². The number of benzene rings is 2. The molecule has 0 unspecified atom stereocenters. The molecular weight excluding hydrogens is 400 g/mol. The van der Waals surface area contributed by atoms with Crippen molar-refractivity contribution in [3.05, 3.63) is 53.7 Å². The summed E-state index contributed by atoms with van der Waals surface area (Å²) in [6.45, 7) is 1.13. The molecule has 1 aliphatic heterocycles. The fourth-order valence-electron chi connectivity index (χ4n) is 2.87. The molecule has 0 atom stereocenters. The van der Waals surface area contributed by atoms with Gasteiger partial charge in [0.1, 0.15) is 0 Å². The van der Waals surface area contributed by atoms with E-state index in [1.54, 1.807) is 23.8 Å². The molecule has 1 aromatic heterocycles. The molecule has 3 N–H and O–H groups in total. The van der Waals surface area contributed by atoms with Crippen LogP contribution in [-0.4, -0.2) is 25.2 Å². The molecule has 2 aromatic carbocycles. The molecule has 3 aromatic rings. The third-order valence-electron chi connectivity index (χ3n) is 4.09. The molecule has 0 bridgehead atoms. The fourth-order valence-corrected chi connectivity index (χ4v) is 4.72. The number of carbonyl (C=O) groups is 2. The smallest absolute Gasteiger partial charge is 0.264 e. The van der Waals surface area contributed by atoms with Gasteiger partial charge in [0.25, 0.3) is 15.9 Å². The molecule has 4 rings (SSSR count). The monoisotopic (exact) mass is 414 g/mol. The van der Waals surface area contributed by atoms with E-state index in [1.807, 2.05) is 16.9 Å². The Hall–Kier alpha value is -3.24. The lowest BCUT2D eigenvalue weighted by Gasteiger charge is -2.07. The van der Waals surface area contributed by atoms with Crippen molar-refractivity contribution in [2.75, 3.05) is 10.6 Å². The summed E-state index contributed by atoms with van der Waals surface area (Å²) < 4.78 is 26.8. The maximum atomic E-state index is 12.4. The summed E-state index contributed by atoms with van der Waals surface area (Å²) in [5, 5.41) is 5.84. The van der Waals surface area contributed by atoms with Crippen molar-refractivity contribution in [3.63, 3.8) is 0 Å². The van der Waals surface area contributed by atoms with Gasteiger partial charge in [0, 0.05) is 24.4 Å². The Morgan fingerprint density at radius 3 is 2.64 bits per heavy atom. The van der Waals surface area contributed by atoms with E-state index in [2.05, 4.69) is 15.6 Å². The quantitative estimate of drug-likeness (QED) is 0.565. The molecule has 28 heavy (non-hydrogen) atoms. The highest BCUT2D eigenvalue weighted by Crippen LogP contribution is 2.39. The summed E-state index contributed by atoms with van der Waals surface area (Å²) in [5.74, 6) is -0.888. The molecule has 0 radical (unpaired) electrons. The SMILES string of the molecule is CC(=O)NS(=O)(=O)c1ccc(N/C=C2\C(=O)Nc3ccc4ncsc4c32)cc1. The fraction of sp³-hybridized carbons (Fsp3) is 0.0556. The molecular formula is C18H14N4O4S2. The Bertz CT molecular complexity index is 1240. The number of anilines is 2. The van der Waals surface area contributed by atoms with Gasteiger partial charge in [0.05, 0.1) is 31.9 Å². The number of sulfonamides is 1. The summed E-state index contributed by atoms with van der Waals surface area (Å²) in [6, 6.07) is 9.51. The number of hydrogen-bond donors (Lipinski definition) is 3.